The molecular formula is C12H18F2N2O. The fourth-order valence-corrected chi connectivity index (χ4v) is 1.55. The number of anilines is 2. The van der Waals surface area contributed by atoms with E-state index in [9.17, 15) is 8.78 Å². The Labute approximate surface area is 99.6 Å². The molecule has 5 heteroatoms. The van der Waals surface area contributed by atoms with E-state index in [1.54, 1.807) is 0 Å². The number of nitrogens with one attached hydrogen (secondary N) is 1. The number of rotatable bonds is 7. The Bertz CT molecular complexity index is 359. The van der Waals surface area contributed by atoms with Gasteiger partial charge in [0, 0.05) is 13.2 Å². The van der Waals surface area contributed by atoms with Gasteiger partial charge in [0.05, 0.1) is 11.4 Å². The number of unbranched alkanes of at least 4 members (excludes halogenated alkanes) is 3. The van der Waals surface area contributed by atoms with Crippen molar-refractivity contribution in [3.8, 4) is 0 Å². The maximum absolute atomic E-state index is 13.3. The summed E-state index contributed by atoms with van der Waals surface area (Å²) < 4.78 is 26.3. The highest BCUT2D eigenvalue weighted by Gasteiger charge is 2.10. The van der Waals surface area contributed by atoms with Crippen molar-refractivity contribution in [2.45, 2.75) is 25.7 Å². The number of nitrogens with two attached hydrogens (primary N) is 1. The molecule has 1 aromatic carbocycles. The summed E-state index contributed by atoms with van der Waals surface area (Å²) in [6.45, 7) is 0.731. The highest BCUT2D eigenvalue weighted by atomic mass is 19.2. The van der Waals surface area contributed by atoms with Crippen LogP contribution in [0.4, 0.5) is 20.2 Å². The van der Waals surface area contributed by atoms with Gasteiger partial charge in [-0.1, -0.05) is 12.8 Å². The fourth-order valence-electron chi connectivity index (χ4n) is 1.55. The van der Waals surface area contributed by atoms with Crippen molar-refractivity contribution < 1.29 is 13.9 Å². The molecule has 0 unspecified atom stereocenters. The average Bonchev–Trinajstić information content (AvgIpc) is 2.32. The number of aliphatic hydroxyl groups is 1. The molecule has 0 aliphatic heterocycles. The monoisotopic (exact) mass is 244 g/mol. The zero-order chi connectivity index (χ0) is 12.7. The largest absolute Gasteiger partial charge is 0.397 e. The first-order valence-corrected chi connectivity index (χ1v) is 5.75. The van der Waals surface area contributed by atoms with Crippen molar-refractivity contribution in [1.29, 1.82) is 0 Å². The highest BCUT2D eigenvalue weighted by molar-refractivity contribution is 5.66. The molecule has 0 heterocycles. The van der Waals surface area contributed by atoms with Crippen molar-refractivity contribution in [2.75, 3.05) is 24.2 Å². The standard InChI is InChI=1S/C12H18F2N2O/c13-9-5-6-10(15)12(11(9)14)16-7-3-1-2-4-8-17/h5-6,16-17H,1-4,7-8,15H2. The van der Waals surface area contributed by atoms with Gasteiger partial charge in [-0.2, -0.15) is 0 Å². The van der Waals surface area contributed by atoms with E-state index in [2.05, 4.69) is 5.32 Å². The maximum Gasteiger partial charge on any atom is 0.183 e. The first kappa shape index (κ1) is 13.7. The first-order chi connectivity index (χ1) is 8.16. The van der Waals surface area contributed by atoms with Gasteiger partial charge in [0.1, 0.15) is 0 Å². The zero-order valence-electron chi connectivity index (χ0n) is 9.68. The summed E-state index contributed by atoms with van der Waals surface area (Å²) in [7, 11) is 0. The Hall–Kier alpha value is -1.36. The molecular weight excluding hydrogens is 226 g/mol. The van der Waals surface area contributed by atoms with Gasteiger partial charge in [0.25, 0.3) is 0 Å². The second-order valence-electron chi connectivity index (χ2n) is 3.89. The molecule has 1 rings (SSSR count). The Kier molecular flexibility index (Phi) is 5.69. The average molecular weight is 244 g/mol. The summed E-state index contributed by atoms with van der Waals surface area (Å²) in [5, 5.41) is 11.4. The molecule has 1 aromatic rings. The van der Waals surface area contributed by atoms with Crippen LogP contribution in [0.1, 0.15) is 25.7 Å². The van der Waals surface area contributed by atoms with Gasteiger partial charge < -0.3 is 16.2 Å². The topological polar surface area (TPSA) is 58.3 Å². The lowest BCUT2D eigenvalue weighted by Gasteiger charge is -2.10. The molecule has 17 heavy (non-hydrogen) atoms. The summed E-state index contributed by atoms with van der Waals surface area (Å²) in [5.41, 5.74) is 5.79. The summed E-state index contributed by atoms with van der Waals surface area (Å²) in [6.07, 6.45) is 3.47. The van der Waals surface area contributed by atoms with Crippen LogP contribution in [0.2, 0.25) is 0 Å². The van der Waals surface area contributed by atoms with Crippen LogP contribution < -0.4 is 11.1 Å². The molecule has 0 fully saturated rings. The van der Waals surface area contributed by atoms with Crippen LogP contribution in [0.5, 0.6) is 0 Å². The lowest BCUT2D eigenvalue weighted by atomic mass is 10.2. The van der Waals surface area contributed by atoms with Gasteiger partial charge in [-0.3, -0.25) is 0 Å². The van der Waals surface area contributed by atoms with Gasteiger partial charge in [0.2, 0.25) is 0 Å². The van der Waals surface area contributed by atoms with Crippen LogP contribution in [-0.2, 0) is 0 Å². The normalized spacial score (nSPS) is 10.5. The Morgan fingerprint density at radius 3 is 2.53 bits per heavy atom. The molecule has 0 radical (unpaired) electrons. The van der Waals surface area contributed by atoms with E-state index >= 15 is 0 Å². The minimum absolute atomic E-state index is 0.0344. The van der Waals surface area contributed by atoms with Gasteiger partial charge in [-0.15, -0.1) is 0 Å². The van der Waals surface area contributed by atoms with E-state index in [0.29, 0.717) is 6.54 Å². The molecule has 0 atom stereocenters. The Morgan fingerprint density at radius 1 is 1.12 bits per heavy atom. The predicted octanol–water partition coefficient (Wildman–Crippen LogP) is 2.51. The molecule has 4 N–H and O–H groups in total. The minimum atomic E-state index is -0.930. The van der Waals surface area contributed by atoms with Gasteiger partial charge in [0.15, 0.2) is 11.6 Å². The number of nitrogen functional groups attached to an aromatic ring is 1. The van der Waals surface area contributed by atoms with Crippen LogP contribution in [0.3, 0.4) is 0 Å². The summed E-state index contributed by atoms with van der Waals surface area (Å²) >= 11 is 0. The fraction of sp³-hybridized carbons (Fsp3) is 0.500. The number of benzene rings is 1. The summed E-state index contributed by atoms with van der Waals surface area (Å²) in [4.78, 5) is 0. The Balaban J connectivity index is 2.39. The van der Waals surface area contributed by atoms with E-state index in [0.717, 1.165) is 31.7 Å². The molecule has 3 nitrogen and oxygen atoms in total. The number of halogens is 2. The lowest BCUT2D eigenvalue weighted by molar-refractivity contribution is 0.283. The molecule has 0 bridgehead atoms. The molecule has 0 amide bonds. The van der Waals surface area contributed by atoms with Crippen LogP contribution in [-0.4, -0.2) is 18.3 Å². The third-order valence-electron chi connectivity index (χ3n) is 2.51. The second-order valence-corrected chi connectivity index (χ2v) is 3.89. The number of hydrogen-bond donors (Lipinski definition) is 3. The highest BCUT2D eigenvalue weighted by Crippen LogP contribution is 2.24. The van der Waals surface area contributed by atoms with Gasteiger partial charge in [-0.25, -0.2) is 8.78 Å². The van der Waals surface area contributed by atoms with Crippen LogP contribution >= 0.6 is 0 Å². The van der Waals surface area contributed by atoms with Crippen molar-refractivity contribution in [3.63, 3.8) is 0 Å². The third kappa shape index (κ3) is 4.19. The molecule has 0 spiro atoms. The van der Waals surface area contributed by atoms with Crippen molar-refractivity contribution in [3.05, 3.63) is 23.8 Å². The smallest absolute Gasteiger partial charge is 0.183 e. The maximum atomic E-state index is 13.3. The SMILES string of the molecule is Nc1ccc(F)c(F)c1NCCCCCCO. The summed E-state index contributed by atoms with van der Waals surface area (Å²) in [6, 6.07) is 2.35. The third-order valence-corrected chi connectivity index (χ3v) is 2.51. The van der Waals surface area contributed by atoms with E-state index in [1.807, 2.05) is 0 Å². The molecule has 0 aliphatic carbocycles. The van der Waals surface area contributed by atoms with Crippen LogP contribution in [0, 0.1) is 11.6 Å². The molecule has 0 saturated heterocycles. The predicted molar refractivity (Wildman–Crippen MR) is 64.8 cm³/mol. The van der Waals surface area contributed by atoms with E-state index < -0.39 is 11.6 Å². The molecule has 0 aliphatic rings. The van der Waals surface area contributed by atoms with E-state index in [-0.39, 0.29) is 18.0 Å². The van der Waals surface area contributed by atoms with E-state index in [4.69, 9.17) is 10.8 Å². The van der Waals surface area contributed by atoms with Gasteiger partial charge >= 0.3 is 0 Å². The number of aliphatic hydroxyl groups excluding tert-OH is 1. The quantitative estimate of drug-likeness (QED) is 0.510. The van der Waals surface area contributed by atoms with Crippen LogP contribution in [0.15, 0.2) is 12.1 Å². The first-order valence-electron chi connectivity index (χ1n) is 5.75. The van der Waals surface area contributed by atoms with Gasteiger partial charge in [-0.05, 0) is 25.0 Å². The van der Waals surface area contributed by atoms with Crippen molar-refractivity contribution >= 4 is 11.4 Å². The zero-order valence-corrected chi connectivity index (χ0v) is 9.68. The lowest BCUT2D eigenvalue weighted by Crippen LogP contribution is -2.07. The molecule has 0 aromatic heterocycles. The second kappa shape index (κ2) is 7.06. The van der Waals surface area contributed by atoms with Crippen molar-refractivity contribution in [1.82, 2.24) is 0 Å². The van der Waals surface area contributed by atoms with Crippen LogP contribution in [0.25, 0.3) is 0 Å². The Morgan fingerprint density at radius 2 is 1.82 bits per heavy atom. The molecule has 96 valence electrons. The molecule has 0 saturated carbocycles. The number of hydrogen-bond acceptors (Lipinski definition) is 3. The summed E-state index contributed by atoms with van der Waals surface area (Å²) in [5.74, 6) is -1.83. The van der Waals surface area contributed by atoms with Crippen molar-refractivity contribution in [2.24, 2.45) is 0 Å². The van der Waals surface area contributed by atoms with E-state index in [1.165, 1.54) is 6.07 Å². The minimum Gasteiger partial charge on any atom is -0.397 e.